The lowest BCUT2D eigenvalue weighted by atomic mass is 9.98. The standard InChI is InChI=1S/C45H59N7O9/c1-27-42(55)51(8)37-24-31-13-18-34(19-14-31)61-39-26-32(15-20-38(39)60-10)25-36(50(7)45(37)58)41(54)47-28(2)43(56)52(22-21-48(4)5)29(3)44(57)49(6)35(40(53)46-27)23-30-11-16-33(59-9)17-12-30/h11-20,26-29,35-37H,21-25H2,1-10H3,(H,46,53)(H,47,54)/t27-,28+,29-,35-,36-,37-/m0/s1. The molecule has 2 N–H and O–H groups in total. The first-order valence-electron chi connectivity index (χ1n) is 20.4. The van der Waals surface area contributed by atoms with E-state index in [1.807, 2.05) is 19.0 Å². The van der Waals surface area contributed by atoms with Gasteiger partial charge < -0.3 is 49.3 Å². The van der Waals surface area contributed by atoms with Gasteiger partial charge in [0, 0.05) is 53.5 Å². The molecule has 0 radical (unpaired) electrons. The number of nitrogens with zero attached hydrogens (tertiary/aromatic N) is 5. The second-order valence-corrected chi connectivity index (χ2v) is 16.1. The number of fused-ring (bicyclic) bond motifs is 2. The van der Waals surface area contributed by atoms with Crippen molar-refractivity contribution in [1.82, 2.24) is 35.1 Å². The highest BCUT2D eigenvalue weighted by Gasteiger charge is 2.40. The summed E-state index contributed by atoms with van der Waals surface area (Å²) in [6, 6.07) is 12.6. The van der Waals surface area contributed by atoms with E-state index in [2.05, 4.69) is 10.6 Å². The van der Waals surface area contributed by atoms with Gasteiger partial charge in [-0.25, -0.2) is 0 Å². The Hall–Kier alpha value is -6.16. The van der Waals surface area contributed by atoms with Gasteiger partial charge in [0.05, 0.1) is 14.2 Å². The van der Waals surface area contributed by atoms with E-state index in [0.29, 0.717) is 46.2 Å². The normalized spacial score (nSPS) is 23.6. The molecule has 1 saturated heterocycles. The molecule has 1 fully saturated rings. The Morgan fingerprint density at radius 1 is 0.672 bits per heavy atom. The summed E-state index contributed by atoms with van der Waals surface area (Å²) in [7, 11) is 11.2. The van der Waals surface area contributed by atoms with Crippen LogP contribution in [-0.4, -0.2) is 159 Å². The minimum absolute atomic E-state index is 0.00335. The molecular weight excluding hydrogens is 783 g/mol. The topological polar surface area (TPSA) is 170 Å². The van der Waals surface area contributed by atoms with Crippen LogP contribution < -0.4 is 24.8 Å². The summed E-state index contributed by atoms with van der Waals surface area (Å²) in [6.07, 6.45) is 0.131. The number of likely N-dealkylation sites (N-methyl/N-ethyl adjacent to an activating group) is 4. The molecule has 6 atom stereocenters. The van der Waals surface area contributed by atoms with Crippen LogP contribution >= 0.6 is 0 Å². The van der Waals surface area contributed by atoms with Crippen molar-refractivity contribution >= 4 is 35.4 Å². The molecule has 0 unspecified atom stereocenters. The van der Waals surface area contributed by atoms with E-state index < -0.39 is 71.7 Å². The van der Waals surface area contributed by atoms with Crippen molar-refractivity contribution < 1.29 is 43.0 Å². The molecule has 3 heterocycles. The average molecular weight is 842 g/mol. The first-order chi connectivity index (χ1) is 28.9. The zero-order chi connectivity index (χ0) is 44.7. The largest absolute Gasteiger partial charge is 0.497 e. The van der Waals surface area contributed by atoms with Crippen LogP contribution in [0.25, 0.3) is 0 Å². The zero-order valence-corrected chi connectivity index (χ0v) is 36.8. The Bertz CT molecular complexity index is 2080. The van der Waals surface area contributed by atoms with Gasteiger partial charge in [0.1, 0.15) is 47.8 Å². The molecule has 6 rings (SSSR count). The fourth-order valence-corrected chi connectivity index (χ4v) is 7.60. The molecule has 6 amide bonds. The fraction of sp³-hybridized carbons (Fsp3) is 0.467. The minimum Gasteiger partial charge on any atom is -0.497 e. The molecule has 6 bridgehead atoms. The molecule has 16 nitrogen and oxygen atoms in total. The second kappa shape index (κ2) is 19.9. The second-order valence-electron chi connectivity index (χ2n) is 16.1. The summed E-state index contributed by atoms with van der Waals surface area (Å²) in [5.41, 5.74) is 2.04. The number of carbonyl (C=O) groups is 6. The van der Waals surface area contributed by atoms with Crippen LogP contribution in [0.3, 0.4) is 0 Å². The summed E-state index contributed by atoms with van der Waals surface area (Å²) >= 11 is 0. The summed E-state index contributed by atoms with van der Waals surface area (Å²) in [4.78, 5) is 94.2. The zero-order valence-electron chi connectivity index (χ0n) is 36.8. The summed E-state index contributed by atoms with van der Waals surface area (Å²) in [5.74, 6) is -1.42. The fourth-order valence-electron chi connectivity index (χ4n) is 7.60. The van der Waals surface area contributed by atoms with Crippen LogP contribution in [0, 0.1) is 0 Å². The summed E-state index contributed by atoms with van der Waals surface area (Å²) < 4.78 is 17.1. The molecule has 3 aliphatic heterocycles. The third-order valence-corrected chi connectivity index (χ3v) is 11.5. The van der Waals surface area contributed by atoms with Gasteiger partial charge >= 0.3 is 0 Å². The number of ether oxygens (including phenoxy) is 3. The molecule has 3 aromatic carbocycles. The van der Waals surface area contributed by atoms with Crippen molar-refractivity contribution in [3.8, 4) is 23.0 Å². The molecular formula is C45H59N7O9. The maximum atomic E-state index is 14.9. The van der Waals surface area contributed by atoms with Crippen LogP contribution in [0.15, 0.2) is 66.7 Å². The van der Waals surface area contributed by atoms with Crippen LogP contribution in [0.4, 0.5) is 0 Å². The third-order valence-electron chi connectivity index (χ3n) is 11.5. The van der Waals surface area contributed by atoms with Crippen LogP contribution in [-0.2, 0) is 48.0 Å². The number of nitrogens with one attached hydrogen (secondary N) is 2. The van der Waals surface area contributed by atoms with E-state index in [9.17, 15) is 28.8 Å². The summed E-state index contributed by atoms with van der Waals surface area (Å²) in [6.45, 7) is 5.16. The predicted molar refractivity (Wildman–Crippen MR) is 228 cm³/mol. The maximum absolute atomic E-state index is 14.9. The lowest BCUT2D eigenvalue weighted by molar-refractivity contribution is -0.151. The number of rotatable bonds is 7. The Morgan fingerprint density at radius 2 is 1.26 bits per heavy atom. The smallest absolute Gasteiger partial charge is 0.246 e. The molecule has 328 valence electrons. The Labute approximate surface area is 358 Å². The van der Waals surface area contributed by atoms with Crippen molar-refractivity contribution in [2.24, 2.45) is 0 Å². The van der Waals surface area contributed by atoms with Crippen molar-refractivity contribution in [3.63, 3.8) is 0 Å². The molecule has 3 aromatic rings. The maximum Gasteiger partial charge on any atom is 0.246 e. The highest BCUT2D eigenvalue weighted by molar-refractivity contribution is 5.98. The van der Waals surface area contributed by atoms with Gasteiger partial charge in [-0.05, 0) is 88.0 Å². The minimum atomic E-state index is -1.17. The average Bonchev–Trinajstić information content (AvgIpc) is 3.24. The molecule has 16 heteroatoms. The van der Waals surface area contributed by atoms with Gasteiger partial charge in [-0.15, -0.1) is 0 Å². The predicted octanol–water partition coefficient (Wildman–Crippen LogP) is 2.12. The van der Waals surface area contributed by atoms with E-state index in [0.717, 1.165) is 0 Å². The Morgan fingerprint density at radius 3 is 1.89 bits per heavy atom. The molecule has 0 aliphatic carbocycles. The van der Waals surface area contributed by atoms with Gasteiger partial charge in [-0.3, -0.25) is 28.8 Å². The highest BCUT2D eigenvalue weighted by atomic mass is 16.5. The van der Waals surface area contributed by atoms with Crippen molar-refractivity contribution in [3.05, 3.63) is 83.4 Å². The molecule has 0 spiro atoms. The first kappa shape index (κ1) is 45.9. The number of methoxy groups -OCH3 is 2. The number of carbonyl (C=O) groups excluding carboxylic acids is 6. The Kier molecular flexibility index (Phi) is 15.0. The van der Waals surface area contributed by atoms with Crippen molar-refractivity contribution in [1.29, 1.82) is 0 Å². The number of benzene rings is 3. The first-order valence-corrected chi connectivity index (χ1v) is 20.4. The van der Waals surface area contributed by atoms with E-state index >= 15 is 0 Å². The van der Waals surface area contributed by atoms with Crippen LogP contribution in [0.1, 0.15) is 37.5 Å². The molecule has 61 heavy (non-hydrogen) atoms. The molecule has 0 aromatic heterocycles. The lowest BCUT2D eigenvalue weighted by Crippen LogP contribution is -2.62. The van der Waals surface area contributed by atoms with Crippen molar-refractivity contribution in [2.75, 3.05) is 62.5 Å². The Balaban J connectivity index is 1.63. The molecule has 3 aliphatic rings. The van der Waals surface area contributed by atoms with Crippen LogP contribution in [0.5, 0.6) is 23.0 Å². The van der Waals surface area contributed by atoms with Gasteiger partial charge in [0.25, 0.3) is 0 Å². The summed E-state index contributed by atoms with van der Waals surface area (Å²) in [5, 5.41) is 5.67. The van der Waals surface area contributed by atoms with E-state index in [1.165, 1.54) is 61.7 Å². The van der Waals surface area contributed by atoms with Gasteiger partial charge in [-0.2, -0.15) is 0 Å². The van der Waals surface area contributed by atoms with Crippen LogP contribution in [0.2, 0.25) is 0 Å². The number of amides is 6. The monoisotopic (exact) mass is 841 g/mol. The van der Waals surface area contributed by atoms with Gasteiger partial charge in [-0.1, -0.05) is 30.3 Å². The van der Waals surface area contributed by atoms with E-state index in [-0.39, 0.29) is 25.8 Å². The highest BCUT2D eigenvalue weighted by Crippen LogP contribution is 2.34. The SMILES string of the molecule is COc1ccc(C[C@H]2C(=O)N[C@@H](C)C(=O)N(C)[C@H]3Cc4ccc(cc4)Oc4cc(ccc4OC)C[C@@H](C(=O)N[C@H](C)C(=O)N(CCN(C)C)[C@@H](C)C(=O)N2C)N(C)C3=O)cc1. The van der Waals surface area contributed by atoms with E-state index in [4.69, 9.17) is 14.2 Å². The van der Waals surface area contributed by atoms with Crippen molar-refractivity contribution in [2.45, 2.75) is 76.3 Å². The molecule has 0 saturated carbocycles. The van der Waals surface area contributed by atoms with E-state index in [1.54, 1.807) is 80.8 Å². The third kappa shape index (κ3) is 10.8. The quantitative estimate of drug-likeness (QED) is 0.360. The van der Waals surface area contributed by atoms with Gasteiger partial charge in [0.15, 0.2) is 11.5 Å². The number of hydrogen-bond acceptors (Lipinski definition) is 10. The lowest BCUT2D eigenvalue weighted by Gasteiger charge is -2.38. The number of hydrogen-bond donors (Lipinski definition) is 2. The van der Waals surface area contributed by atoms with Gasteiger partial charge in [0.2, 0.25) is 35.4 Å².